The van der Waals surface area contributed by atoms with Crippen LogP contribution in [0, 0.1) is 5.82 Å². The zero-order valence-corrected chi connectivity index (χ0v) is 9.55. The standard InChI is InChI=1S/C12H16FNO2/c1-9(15)10-4-5-11(13)12(8-10)14-6-3-7-16-2/h4-5,8,14H,3,6-7H2,1-2H3. The van der Waals surface area contributed by atoms with Crippen LogP contribution in [0.3, 0.4) is 0 Å². The first-order valence-corrected chi connectivity index (χ1v) is 5.18. The Kier molecular flexibility index (Phi) is 4.92. The lowest BCUT2D eigenvalue weighted by Crippen LogP contribution is -2.07. The summed E-state index contributed by atoms with van der Waals surface area (Å²) >= 11 is 0. The maximum absolute atomic E-state index is 13.3. The lowest BCUT2D eigenvalue weighted by molar-refractivity contribution is 0.101. The van der Waals surface area contributed by atoms with Crippen LogP contribution in [-0.4, -0.2) is 26.0 Å². The summed E-state index contributed by atoms with van der Waals surface area (Å²) in [4.78, 5) is 11.1. The largest absolute Gasteiger partial charge is 0.385 e. The molecule has 0 radical (unpaired) electrons. The quantitative estimate of drug-likeness (QED) is 0.597. The van der Waals surface area contributed by atoms with E-state index < -0.39 is 0 Å². The summed E-state index contributed by atoms with van der Waals surface area (Å²) < 4.78 is 18.2. The number of ether oxygens (including phenoxy) is 1. The minimum atomic E-state index is -0.345. The van der Waals surface area contributed by atoms with E-state index in [2.05, 4.69) is 5.32 Å². The van der Waals surface area contributed by atoms with Crippen molar-refractivity contribution in [3.63, 3.8) is 0 Å². The van der Waals surface area contributed by atoms with Gasteiger partial charge in [0.05, 0.1) is 5.69 Å². The third kappa shape index (κ3) is 3.62. The molecule has 1 aromatic rings. The fourth-order valence-electron chi connectivity index (χ4n) is 1.32. The van der Waals surface area contributed by atoms with Crippen molar-refractivity contribution in [2.45, 2.75) is 13.3 Å². The molecule has 0 aliphatic heterocycles. The fraction of sp³-hybridized carbons (Fsp3) is 0.417. The molecule has 0 aliphatic rings. The van der Waals surface area contributed by atoms with Crippen LogP contribution in [0.4, 0.5) is 10.1 Å². The van der Waals surface area contributed by atoms with Crippen LogP contribution in [0.25, 0.3) is 0 Å². The molecule has 0 amide bonds. The first kappa shape index (κ1) is 12.6. The molecule has 0 fully saturated rings. The molecule has 0 atom stereocenters. The van der Waals surface area contributed by atoms with Crippen molar-refractivity contribution in [1.82, 2.24) is 0 Å². The molecule has 16 heavy (non-hydrogen) atoms. The first-order valence-electron chi connectivity index (χ1n) is 5.18. The Morgan fingerprint density at radius 2 is 2.25 bits per heavy atom. The number of rotatable bonds is 6. The summed E-state index contributed by atoms with van der Waals surface area (Å²) in [6, 6.07) is 4.32. The van der Waals surface area contributed by atoms with E-state index in [-0.39, 0.29) is 11.6 Å². The molecule has 0 bridgehead atoms. The third-order valence-electron chi connectivity index (χ3n) is 2.21. The molecule has 4 heteroatoms. The Labute approximate surface area is 94.6 Å². The molecule has 0 aromatic heterocycles. The summed E-state index contributed by atoms with van der Waals surface area (Å²) in [5.74, 6) is -0.414. The van der Waals surface area contributed by atoms with Gasteiger partial charge in [0.25, 0.3) is 0 Å². The highest BCUT2D eigenvalue weighted by Gasteiger charge is 2.05. The van der Waals surface area contributed by atoms with E-state index in [0.717, 1.165) is 6.42 Å². The third-order valence-corrected chi connectivity index (χ3v) is 2.21. The number of hydrogen-bond acceptors (Lipinski definition) is 3. The lowest BCUT2D eigenvalue weighted by atomic mass is 10.1. The molecule has 3 nitrogen and oxygen atoms in total. The van der Waals surface area contributed by atoms with Crippen molar-refractivity contribution >= 4 is 11.5 Å². The Bertz CT molecular complexity index is 366. The van der Waals surface area contributed by atoms with Crippen molar-refractivity contribution in [1.29, 1.82) is 0 Å². The van der Waals surface area contributed by atoms with Gasteiger partial charge in [-0.25, -0.2) is 4.39 Å². The number of anilines is 1. The van der Waals surface area contributed by atoms with Crippen molar-refractivity contribution in [2.75, 3.05) is 25.6 Å². The van der Waals surface area contributed by atoms with Gasteiger partial charge in [0.15, 0.2) is 5.78 Å². The molecule has 0 heterocycles. The van der Waals surface area contributed by atoms with Crippen molar-refractivity contribution < 1.29 is 13.9 Å². The van der Waals surface area contributed by atoms with Crippen molar-refractivity contribution in [3.8, 4) is 0 Å². The number of halogens is 1. The molecule has 0 spiro atoms. The zero-order chi connectivity index (χ0) is 12.0. The minimum absolute atomic E-state index is 0.0695. The van der Waals surface area contributed by atoms with Crippen molar-refractivity contribution in [3.05, 3.63) is 29.6 Å². The van der Waals surface area contributed by atoms with Gasteiger partial charge in [-0.1, -0.05) is 0 Å². The number of carbonyl (C=O) groups excluding carboxylic acids is 1. The predicted octanol–water partition coefficient (Wildman–Crippen LogP) is 2.48. The summed E-state index contributed by atoms with van der Waals surface area (Å²) in [5, 5.41) is 2.94. The van der Waals surface area contributed by atoms with E-state index >= 15 is 0 Å². The summed E-state index contributed by atoms with van der Waals surface area (Å²) in [7, 11) is 1.62. The van der Waals surface area contributed by atoms with E-state index in [4.69, 9.17) is 4.74 Å². The van der Waals surface area contributed by atoms with Gasteiger partial charge in [0, 0.05) is 25.8 Å². The number of benzene rings is 1. The molecule has 0 aliphatic carbocycles. The van der Waals surface area contributed by atoms with Gasteiger partial charge in [-0.3, -0.25) is 4.79 Å². The lowest BCUT2D eigenvalue weighted by Gasteiger charge is -2.08. The fourth-order valence-corrected chi connectivity index (χ4v) is 1.32. The number of hydrogen-bond donors (Lipinski definition) is 1. The van der Waals surface area contributed by atoms with Gasteiger partial charge in [0.2, 0.25) is 0 Å². The number of nitrogens with one attached hydrogen (secondary N) is 1. The average molecular weight is 225 g/mol. The van der Waals surface area contributed by atoms with Crippen LogP contribution < -0.4 is 5.32 Å². The van der Waals surface area contributed by atoms with Crippen LogP contribution in [0.1, 0.15) is 23.7 Å². The molecule has 88 valence electrons. The first-order chi connectivity index (χ1) is 7.65. The number of methoxy groups -OCH3 is 1. The highest BCUT2D eigenvalue weighted by atomic mass is 19.1. The topological polar surface area (TPSA) is 38.3 Å². The van der Waals surface area contributed by atoms with Crippen LogP contribution in [0.2, 0.25) is 0 Å². The van der Waals surface area contributed by atoms with Gasteiger partial charge in [-0.2, -0.15) is 0 Å². The SMILES string of the molecule is COCCCNc1cc(C(C)=O)ccc1F. The van der Waals surface area contributed by atoms with E-state index in [0.29, 0.717) is 24.4 Å². The second-order valence-electron chi connectivity index (χ2n) is 3.52. The van der Waals surface area contributed by atoms with Crippen molar-refractivity contribution in [2.24, 2.45) is 0 Å². The molecular weight excluding hydrogens is 209 g/mol. The Hall–Kier alpha value is -1.42. The average Bonchev–Trinajstić information content (AvgIpc) is 2.26. The maximum atomic E-state index is 13.3. The number of Topliss-reactive ketones (excluding diaryl/α,β-unsaturated/α-hetero) is 1. The molecule has 0 saturated heterocycles. The van der Waals surface area contributed by atoms with Crippen LogP contribution in [0.15, 0.2) is 18.2 Å². The van der Waals surface area contributed by atoms with Crippen LogP contribution >= 0.6 is 0 Å². The smallest absolute Gasteiger partial charge is 0.159 e. The monoisotopic (exact) mass is 225 g/mol. The Balaban J connectivity index is 2.63. The predicted molar refractivity (Wildman–Crippen MR) is 61.4 cm³/mol. The maximum Gasteiger partial charge on any atom is 0.159 e. The van der Waals surface area contributed by atoms with E-state index in [1.807, 2.05) is 0 Å². The molecule has 1 rings (SSSR count). The van der Waals surface area contributed by atoms with Gasteiger partial charge in [0.1, 0.15) is 5.82 Å². The Morgan fingerprint density at radius 1 is 1.50 bits per heavy atom. The minimum Gasteiger partial charge on any atom is -0.385 e. The van der Waals surface area contributed by atoms with E-state index in [9.17, 15) is 9.18 Å². The van der Waals surface area contributed by atoms with E-state index in [1.54, 1.807) is 7.11 Å². The number of ketones is 1. The highest BCUT2D eigenvalue weighted by Crippen LogP contribution is 2.16. The van der Waals surface area contributed by atoms with Gasteiger partial charge in [-0.05, 0) is 31.5 Å². The van der Waals surface area contributed by atoms with Gasteiger partial charge < -0.3 is 10.1 Å². The summed E-state index contributed by atoms with van der Waals surface area (Å²) in [6.45, 7) is 2.70. The van der Waals surface area contributed by atoms with Crippen LogP contribution in [-0.2, 0) is 4.74 Å². The normalized spacial score (nSPS) is 10.2. The summed E-state index contributed by atoms with van der Waals surface area (Å²) in [6.07, 6.45) is 0.792. The van der Waals surface area contributed by atoms with E-state index in [1.165, 1.54) is 25.1 Å². The zero-order valence-electron chi connectivity index (χ0n) is 9.55. The highest BCUT2D eigenvalue weighted by molar-refractivity contribution is 5.94. The molecule has 0 unspecified atom stereocenters. The molecule has 1 aromatic carbocycles. The Morgan fingerprint density at radius 3 is 2.88 bits per heavy atom. The number of carbonyl (C=O) groups is 1. The molecular formula is C12H16FNO2. The second kappa shape index (κ2) is 6.23. The van der Waals surface area contributed by atoms with Crippen LogP contribution in [0.5, 0.6) is 0 Å². The van der Waals surface area contributed by atoms with Gasteiger partial charge >= 0.3 is 0 Å². The van der Waals surface area contributed by atoms with Gasteiger partial charge in [-0.15, -0.1) is 0 Å². The second-order valence-corrected chi connectivity index (χ2v) is 3.52. The molecule has 0 saturated carbocycles. The molecule has 1 N–H and O–H groups in total. The summed E-state index contributed by atoms with van der Waals surface area (Å²) in [5.41, 5.74) is 0.874.